The zero-order chi connectivity index (χ0) is 40.5. The molecule has 1 atom stereocenters. The number of carbonyl (C=O) groups excluding carboxylic acids is 2. The van der Waals surface area contributed by atoms with Crippen molar-refractivity contribution >= 4 is 68.5 Å². The van der Waals surface area contributed by atoms with Gasteiger partial charge in [-0.25, -0.2) is 4.98 Å². The number of carboxylic acid groups (broad SMARTS) is 1. The van der Waals surface area contributed by atoms with Gasteiger partial charge >= 0.3 is 5.97 Å². The Morgan fingerprint density at radius 3 is 2.48 bits per heavy atom. The molecule has 0 radical (unpaired) electrons. The number of amides is 2. The summed E-state index contributed by atoms with van der Waals surface area (Å²) in [5.74, 6) is 0.761. The number of rotatable bonds is 12. The summed E-state index contributed by atoms with van der Waals surface area (Å²) in [6.45, 7) is 9.68. The highest BCUT2D eigenvalue weighted by Crippen LogP contribution is 2.40. The van der Waals surface area contributed by atoms with E-state index in [1.54, 1.807) is 11.3 Å². The van der Waals surface area contributed by atoms with Crippen LogP contribution in [-0.2, 0) is 20.8 Å². The molecule has 6 aromatic rings. The highest BCUT2D eigenvalue weighted by atomic mass is 35.5. The van der Waals surface area contributed by atoms with Crippen LogP contribution in [0.25, 0.3) is 26.3 Å². The van der Waals surface area contributed by atoms with Crippen molar-refractivity contribution in [3.05, 3.63) is 110 Å². The quantitative estimate of drug-likeness (QED) is 0.142. The van der Waals surface area contributed by atoms with Gasteiger partial charge in [-0.3, -0.25) is 28.8 Å². The maximum absolute atomic E-state index is 13.9. The summed E-state index contributed by atoms with van der Waals surface area (Å²) in [7, 11) is 0. The van der Waals surface area contributed by atoms with Crippen LogP contribution in [0.1, 0.15) is 51.4 Å². The Morgan fingerprint density at radius 2 is 1.71 bits per heavy atom. The van der Waals surface area contributed by atoms with Crippen molar-refractivity contribution in [3.8, 4) is 21.3 Å². The summed E-state index contributed by atoms with van der Waals surface area (Å²) >= 11 is 9.39. The molecule has 13 nitrogen and oxygen atoms in total. The Kier molecular flexibility index (Phi) is 11.4. The molecule has 3 aromatic carbocycles. The largest absolute Gasteiger partial charge is 0.492 e. The minimum Gasteiger partial charge on any atom is -0.492 e. The second kappa shape index (κ2) is 16.8. The lowest BCUT2D eigenvalue weighted by Gasteiger charge is -2.35. The molecule has 3 aromatic heterocycles. The van der Waals surface area contributed by atoms with Crippen molar-refractivity contribution < 1.29 is 24.2 Å². The monoisotopic (exact) mass is 836 g/mol. The molecule has 0 aliphatic carbocycles. The minimum absolute atomic E-state index is 0.0177. The van der Waals surface area contributed by atoms with E-state index >= 15 is 0 Å². The van der Waals surface area contributed by atoms with E-state index in [0.717, 1.165) is 80.0 Å². The van der Waals surface area contributed by atoms with Crippen LogP contribution in [0.4, 0.5) is 0 Å². The van der Waals surface area contributed by atoms with Gasteiger partial charge in [-0.1, -0.05) is 41.9 Å². The third-order valence-corrected chi connectivity index (χ3v) is 12.9. The molecule has 58 heavy (non-hydrogen) atoms. The van der Waals surface area contributed by atoms with Gasteiger partial charge in [0.05, 0.1) is 24.2 Å². The van der Waals surface area contributed by atoms with Crippen molar-refractivity contribution in [1.82, 2.24) is 34.9 Å². The number of aryl methyl sites for hydroxylation is 2. The number of carboxylic acids is 1. The van der Waals surface area contributed by atoms with Gasteiger partial charge < -0.3 is 20.1 Å². The first kappa shape index (κ1) is 39.4. The fourth-order valence-corrected chi connectivity index (χ4v) is 9.47. The predicted molar refractivity (Wildman–Crippen MR) is 226 cm³/mol. The van der Waals surface area contributed by atoms with E-state index in [9.17, 15) is 14.4 Å². The standard InChI is InChI=1S/C42H41ClN8O5S2/c1-24-25(2)58-42-38(24)39(28-6-9-31(43)10-7-28)46-34(40-48-47-26(3)51(40)42)21-36(53)50-14-12-49(13-15-50)16-17-56-33-11-8-27-4-5-29(18-30(27)19-33)41-45-32(23-57-41)20-35(52)44-22-37(54)55/h4-11,18-19,23,34H,12-17,20-22H2,1-3H3,(H,44,52)(H,54,55)/t34-/m0/s1. The summed E-state index contributed by atoms with van der Waals surface area (Å²) in [6, 6.07) is 19.3. The second-order valence-electron chi connectivity index (χ2n) is 14.4. The van der Waals surface area contributed by atoms with Gasteiger partial charge in [0.2, 0.25) is 11.8 Å². The number of ether oxygens (including phenoxy) is 1. The Balaban J connectivity index is 0.876. The first-order chi connectivity index (χ1) is 28.0. The van der Waals surface area contributed by atoms with Gasteiger partial charge in [-0.15, -0.1) is 32.9 Å². The van der Waals surface area contributed by atoms with Gasteiger partial charge in [0.25, 0.3) is 0 Å². The molecule has 0 saturated carbocycles. The van der Waals surface area contributed by atoms with Crippen molar-refractivity contribution in [2.75, 3.05) is 45.9 Å². The van der Waals surface area contributed by atoms with Crippen molar-refractivity contribution in [2.45, 2.75) is 39.7 Å². The molecule has 298 valence electrons. The molecule has 1 fully saturated rings. The average molecular weight is 837 g/mol. The number of thiophene rings is 1. The maximum Gasteiger partial charge on any atom is 0.322 e. The highest BCUT2D eigenvalue weighted by Gasteiger charge is 2.34. The van der Waals surface area contributed by atoms with Crippen LogP contribution >= 0.6 is 34.3 Å². The number of benzene rings is 3. The number of hydrogen-bond acceptors (Lipinski definition) is 11. The molecule has 2 aliphatic heterocycles. The van der Waals surface area contributed by atoms with Crippen LogP contribution in [0.15, 0.2) is 71.0 Å². The van der Waals surface area contributed by atoms with Gasteiger partial charge in [-0.05, 0) is 67.4 Å². The Labute approximate surface area is 348 Å². The molecule has 0 bridgehead atoms. The summed E-state index contributed by atoms with van der Waals surface area (Å²) in [5.41, 5.74) is 5.48. The number of aliphatic carboxylic acids is 1. The molecule has 5 heterocycles. The lowest BCUT2D eigenvalue weighted by Crippen LogP contribution is -2.49. The molecular formula is C42H41ClN8O5S2. The second-order valence-corrected chi connectivity index (χ2v) is 16.9. The topological polar surface area (TPSA) is 155 Å². The molecule has 0 unspecified atom stereocenters. The molecule has 2 amide bonds. The van der Waals surface area contributed by atoms with E-state index in [-0.39, 0.29) is 24.7 Å². The fourth-order valence-electron chi connectivity index (χ4n) is 7.31. The number of hydrogen-bond donors (Lipinski definition) is 2. The van der Waals surface area contributed by atoms with Crippen LogP contribution in [0.2, 0.25) is 5.02 Å². The highest BCUT2D eigenvalue weighted by molar-refractivity contribution is 7.15. The Morgan fingerprint density at radius 1 is 0.948 bits per heavy atom. The zero-order valence-corrected chi connectivity index (χ0v) is 34.6. The van der Waals surface area contributed by atoms with Crippen molar-refractivity contribution in [1.29, 1.82) is 0 Å². The summed E-state index contributed by atoms with van der Waals surface area (Å²) in [6.07, 6.45) is 0.203. The van der Waals surface area contributed by atoms with E-state index in [4.69, 9.17) is 26.4 Å². The third kappa shape index (κ3) is 8.39. The van der Waals surface area contributed by atoms with Crippen LogP contribution in [0, 0.1) is 20.8 Å². The van der Waals surface area contributed by atoms with E-state index in [2.05, 4.69) is 49.9 Å². The zero-order valence-electron chi connectivity index (χ0n) is 32.2. The first-order valence-corrected chi connectivity index (χ1v) is 21.0. The molecule has 2 N–H and O–H groups in total. The predicted octanol–water partition coefficient (Wildman–Crippen LogP) is 6.43. The van der Waals surface area contributed by atoms with Crippen molar-refractivity contribution in [3.63, 3.8) is 0 Å². The van der Waals surface area contributed by atoms with Crippen LogP contribution in [-0.4, -0.2) is 104 Å². The van der Waals surface area contributed by atoms with Gasteiger partial charge in [0, 0.05) is 64.7 Å². The number of thiazole rings is 1. The minimum atomic E-state index is -1.09. The van der Waals surface area contributed by atoms with E-state index in [1.165, 1.54) is 16.2 Å². The lowest BCUT2D eigenvalue weighted by molar-refractivity contribution is -0.137. The molecule has 0 spiro atoms. The van der Waals surface area contributed by atoms with Crippen LogP contribution < -0.4 is 10.1 Å². The third-order valence-electron chi connectivity index (χ3n) is 10.5. The van der Waals surface area contributed by atoms with Crippen LogP contribution in [0.5, 0.6) is 5.75 Å². The van der Waals surface area contributed by atoms with Gasteiger partial charge in [0.1, 0.15) is 40.8 Å². The molecular weight excluding hydrogens is 796 g/mol. The molecule has 2 aliphatic rings. The summed E-state index contributed by atoms with van der Waals surface area (Å²) in [5, 5.41) is 26.5. The number of nitrogens with zero attached hydrogens (tertiary/aromatic N) is 7. The number of halogens is 1. The van der Waals surface area contributed by atoms with Crippen molar-refractivity contribution in [2.24, 2.45) is 4.99 Å². The number of carbonyl (C=O) groups is 3. The summed E-state index contributed by atoms with van der Waals surface area (Å²) < 4.78 is 8.28. The normalized spacial score (nSPS) is 15.4. The molecule has 8 rings (SSSR count). The smallest absolute Gasteiger partial charge is 0.322 e. The molecule has 1 saturated heterocycles. The van der Waals surface area contributed by atoms with Crippen LogP contribution in [0.3, 0.4) is 0 Å². The fraction of sp³-hybridized carbons (Fsp3) is 0.310. The van der Waals surface area contributed by atoms with E-state index < -0.39 is 18.6 Å². The summed E-state index contributed by atoms with van der Waals surface area (Å²) in [4.78, 5) is 52.0. The SMILES string of the molecule is Cc1sc2c(c1C)C(c1ccc(Cl)cc1)=N[C@@H](CC(=O)N1CCN(CCOc3ccc4ccc(-c5nc(CC(=O)NCC(=O)O)cs5)cc4c3)CC1)c1nnc(C)n1-2. The average Bonchev–Trinajstić information content (AvgIpc) is 3.90. The van der Waals surface area contributed by atoms with Gasteiger partial charge in [-0.2, -0.15) is 0 Å². The number of nitrogens with one attached hydrogen (secondary N) is 1. The number of piperazine rings is 1. The molecule has 16 heteroatoms. The number of aromatic nitrogens is 4. The number of fused-ring (bicyclic) bond motifs is 4. The van der Waals surface area contributed by atoms with E-state index in [1.807, 2.05) is 71.8 Å². The number of aliphatic imine (C=N–C) groups is 1. The lowest BCUT2D eigenvalue weighted by atomic mass is 9.99. The van der Waals surface area contributed by atoms with Gasteiger partial charge in [0.15, 0.2) is 5.82 Å². The van der Waals surface area contributed by atoms with E-state index in [0.29, 0.717) is 36.2 Å². The maximum atomic E-state index is 13.9. The Hall–Kier alpha value is -5.48. The Bertz CT molecular complexity index is 2560. The first-order valence-electron chi connectivity index (χ1n) is 19.0.